The number of hydrogen-bond acceptors (Lipinski definition) is 5. The van der Waals surface area contributed by atoms with Crippen molar-refractivity contribution in [1.29, 1.82) is 0 Å². The summed E-state index contributed by atoms with van der Waals surface area (Å²) in [5, 5.41) is 4.12. The molecule has 1 heterocycles. The summed E-state index contributed by atoms with van der Waals surface area (Å²) in [5.74, 6) is 0.168. The third kappa shape index (κ3) is 6.35. The standard InChI is InChI=1S/C27H29N3O4S/c1-21-11-13-25(14-12-21)35(32,33)30-17-15-23(16-18-30)27(31)29-28-19-24-9-5-6-10-26(24)34-20-22-7-3-2-4-8-22/h2-14,19,23H,15-18,20H2,1H3,(H,29,31)/b28-19-. The average molecular weight is 492 g/mol. The van der Waals surface area contributed by atoms with Crippen molar-refractivity contribution in [3.8, 4) is 5.75 Å². The van der Waals surface area contributed by atoms with Gasteiger partial charge in [0, 0.05) is 24.6 Å². The molecule has 0 aromatic heterocycles. The molecule has 182 valence electrons. The summed E-state index contributed by atoms with van der Waals surface area (Å²) in [5.41, 5.74) is 5.42. The van der Waals surface area contributed by atoms with Gasteiger partial charge < -0.3 is 4.74 Å². The highest BCUT2D eigenvalue weighted by Crippen LogP contribution is 2.24. The van der Waals surface area contributed by atoms with E-state index in [1.807, 2.05) is 61.5 Å². The number of ether oxygens (including phenoxy) is 1. The Morgan fingerprint density at radius 1 is 1.00 bits per heavy atom. The van der Waals surface area contributed by atoms with E-state index in [0.29, 0.717) is 38.3 Å². The second kappa shape index (κ2) is 11.3. The summed E-state index contributed by atoms with van der Waals surface area (Å²) in [7, 11) is -3.55. The Labute approximate surface area is 206 Å². The fourth-order valence-electron chi connectivity index (χ4n) is 3.93. The predicted octanol–water partition coefficient (Wildman–Crippen LogP) is 4.13. The van der Waals surface area contributed by atoms with Gasteiger partial charge >= 0.3 is 0 Å². The minimum Gasteiger partial charge on any atom is -0.488 e. The number of nitrogens with zero attached hydrogens (tertiary/aromatic N) is 2. The zero-order chi connectivity index (χ0) is 24.7. The molecule has 35 heavy (non-hydrogen) atoms. The molecule has 4 rings (SSSR count). The molecule has 1 amide bonds. The van der Waals surface area contributed by atoms with Gasteiger partial charge in [-0.25, -0.2) is 13.8 Å². The molecule has 0 saturated carbocycles. The molecule has 1 N–H and O–H groups in total. The molecule has 0 radical (unpaired) electrons. The van der Waals surface area contributed by atoms with Crippen LogP contribution in [-0.4, -0.2) is 37.9 Å². The summed E-state index contributed by atoms with van der Waals surface area (Å²) in [6.45, 7) is 2.95. The number of nitrogens with one attached hydrogen (secondary N) is 1. The van der Waals surface area contributed by atoms with Crippen molar-refractivity contribution in [2.75, 3.05) is 13.1 Å². The molecule has 3 aromatic rings. The molecule has 0 spiro atoms. The number of carbonyl (C=O) groups is 1. The van der Waals surface area contributed by atoms with Crippen LogP contribution in [0.15, 0.2) is 88.9 Å². The molecule has 0 atom stereocenters. The van der Waals surface area contributed by atoms with Crippen molar-refractivity contribution in [1.82, 2.24) is 9.73 Å². The summed E-state index contributed by atoms with van der Waals surface area (Å²) in [6, 6.07) is 24.2. The molecule has 1 aliphatic heterocycles. The molecule has 0 bridgehead atoms. The summed E-state index contributed by atoms with van der Waals surface area (Å²) >= 11 is 0. The molecule has 1 saturated heterocycles. The topological polar surface area (TPSA) is 88.1 Å². The molecular formula is C27H29N3O4S. The highest BCUT2D eigenvalue weighted by molar-refractivity contribution is 7.89. The van der Waals surface area contributed by atoms with Gasteiger partial charge in [0.15, 0.2) is 0 Å². The van der Waals surface area contributed by atoms with Gasteiger partial charge in [-0.1, -0.05) is 60.2 Å². The molecular weight excluding hydrogens is 462 g/mol. The van der Waals surface area contributed by atoms with E-state index in [-0.39, 0.29) is 16.7 Å². The highest BCUT2D eigenvalue weighted by Gasteiger charge is 2.32. The molecule has 3 aromatic carbocycles. The minimum absolute atomic E-state index is 0.212. The SMILES string of the molecule is Cc1ccc(S(=O)(=O)N2CCC(C(=O)N/N=C\c3ccccc3OCc3ccccc3)CC2)cc1. The second-order valence-corrected chi connectivity index (χ2v) is 10.5. The molecule has 1 aliphatic rings. The first-order valence-electron chi connectivity index (χ1n) is 11.6. The van der Waals surface area contributed by atoms with Crippen molar-refractivity contribution in [3.05, 3.63) is 95.6 Å². The number of aryl methyl sites for hydroxylation is 1. The smallest absolute Gasteiger partial charge is 0.243 e. The summed E-state index contributed by atoms with van der Waals surface area (Å²) in [4.78, 5) is 12.9. The van der Waals surface area contributed by atoms with E-state index < -0.39 is 10.0 Å². The van der Waals surface area contributed by atoms with Crippen LogP contribution in [0.25, 0.3) is 0 Å². The number of hydrazone groups is 1. The Hall–Kier alpha value is -3.49. The number of hydrogen-bond donors (Lipinski definition) is 1. The van der Waals surface area contributed by atoms with Crippen molar-refractivity contribution < 1.29 is 17.9 Å². The lowest BCUT2D eigenvalue weighted by Gasteiger charge is -2.30. The molecule has 0 aliphatic carbocycles. The van der Waals surface area contributed by atoms with E-state index in [1.165, 1.54) is 4.31 Å². The van der Waals surface area contributed by atoms with Gasteiger partial charge in [-0.15, -0.1) is 0 Å². The minimum atomic E-state index is -3.55. The first-order chi connectivity index (χ1) is 16.9. The van der Waals surface area contributed by atoms with Crippen LogP contribution in [0.5, 0.6) is 5.75 Å². The maximum absolute atomic E-state index is 12.9. The zero-order valence-corrected chi connectivity index (χ0v) is 20.4. The van der Waals surface area contributed by atoms with Crippen molar-refractivity contribution in [2.45, 2.75) is 31.3 Å². The Morgan fingerprint density at radius 3 is 2.37 bits per heavy atom. The Morgan fingerprint density at radius 2 is 1.66 bits per heavy atom. The molecule has 8 heteroatoms. The zero-order valence-electron chi connectivity index (χ0n) is 19.6. The van der Waals surface area contributed by atoms with Gasteiger partial charge in [0.2, 0.25) is 15.9 Å². The lowest BCUT2D eigenvalue weighted by atomic mass is 9.98. The number of benzene rings is 3. The maximum Gasteiger partial charge on any atom is 0.243 e. The fourth-order valence-corrected chi connectivity index (χ4v) is 5.40. The van der Waals surface area contributed by atoms with E-state index >= 15 is 0 Å². The first kappa shape index (κ1) is 24.6. The van der Waals surface area contributed by atoms with E-state index in [1.54, 1.807) is 30.5 Å². The van der Waals surface area contributed by atoms with Crippen molar-refractivity contribution in [3.63, 3.8) is 0 Å². The summed E-state index contributed by atoms with van der Waals surface area (Å²) in [6.07, 6.45) is 2.46. The van der Waals surface area contributed by atoms with Crippen LogP contribution in [0.1, 0.15) is 29.5 Å². The third-order valence-electron chi connectivity index (χ3n) is 6.02. The van der Waals surface area contributed by atoms with Gasteiger partial charge in [-0.2, -0.15) is 9.41 Å². The third-order valence-corrected chi connectivity index (χ3v) is 7.93. The van der Waals surface area contributed by atoms with Gasteiger partial charge in [0.25, 0.3) is 0 Å². The van der Waals surface area contributed by atoms with Crippen LogP contribution >= 0.6 is 0 Å². The van der Waals surface area contributed by atoms with E-state index in [2.05, 4.69) is 10.5 Å². The van der Waals surface area contributed by atoms with Gasteiger partial charge in [0.05, 0.1) is 11.1 Å². The van der Waals surface area contributed by atoms with Crippen LogP contribution in [0.4, 0.5) is 0 Å². The van der Waals surface area contributed by atoms with E-state index in [9.17, 15) is 13.2 Å². The average Bonchev–Trinajstić information content (AvgIpc) is 2.89. The largest absolute Gasteiger partial charge is 0.488 e. The predicted molar refractivity (Wildman–Crippen MR) is 136 cm³/mol. The lowest BCUT2D eigenvalue weighted by molar-refractivity contribution is -0.126. The lowest BCUT2D eigenvalue weighted by Crippen LogP contribution is -2.42. The number of amides is 1. The molecule has 7 nitrogen and oxygen atoms in total. The monoisotopic (exact) mass is 491 g/mol. The van der Waals surface area contributed by atoms with Crippen LogP contribution in [0.2, 0.25) is 0 Å². The quantitative estimate of drug-likeness (QED) is 0.379. The first-order valence-corrected chi connectivity index (χ1v) is 13.0. The number of carbonyl (C=O) groups excluding carboxylic acids is 1. The number of para-hydroxylation sites is 1. The van der Waals surface area contributed by atoms with Crippen LogP contribution in [-0.2, 0) is 21.4 Å². The Balaban J connectivity index is 1.30. The van der Waals surface area contributed by atoms with Gasteiger partial charge in [0.1, 0.15) is 12.4 Å². The van der Waals surface area contributed by atoms with Crippen LogP contribution < -0.4 is 10.2 Å². The fraction of sp³-hybridized carbons (Fsp3) is 0.259. The highest BCUT2D eigenvalue weighted by atomic mass is 32.2. The number of sulfonamides is 1. The van der Waals surface area contributed by atoms with Crippen LogP contribution in [0.3, 0.4) is 0 Å². The number of rotatable bonds is 8. The van der Waals surface area contributed by atoms with Crippen LogP contribution in [0, 0.1) is 12.8 Å². The van der Waals surface area contributed by atoms with Gasteiger partial charge in [-0.3, -0.25) is 4.79 Å². The van der Waals surface area contributed by atoms with Gasteiger partial charge in [-0.05, 0) is 49.6 Å². The maximum atomic E-state index is 12.9. The van der Waals surface area contributed by atoms with Crippen molar-refractivity contribution >= 4 is 22.1 Å². The Bertz CT molecular complexity index is 1270. The normalized spacial score (nSPS) is 15.2. The Kier molecular flexibility index (Phi) is 7.94. The van der Waals surface area contributed by atoms with E-state index in [0.717, 1.165) is 16.7 Å². The van der Waals surface area contributed by atoms with E-state index in [4.69, 9.17) is 4.74 Å². The summed E-state index contributed by atoms with van der Waals surface area (Å²) < 4.78 is 33.1. The number of piperidine rings is 1. The second-order valence-electron chi connectivity index (χ2n) is 8.54. The molecule has 0 unspecified atom stereocenters. The van der Waals surface area contributed by atoms with Crippen molar-refractivity contribution in [2.24, 2.45) is 11.0 Å². The molecule has 1 fully saturated rings.